The highest BCUT2D eigenvalue weighted by molar-refractivity contribution is 7.89. The van der Waals surface area contributed by atoms with Crippen molar-refractivity contribution in [3.05, 3.63) is 29.3 Å². The van der Waals surface area contributed by atoms with Crippen molar-refractivity contribution in [2.24, 2.45) is 0 Å². The van der Waals surface area contributed by atoms with Gasteiger partial charge in [-0.15, -0.1) is 0 Å². The van der Waals surface area contributed by atoms with Crippen molar-refractivity contribution in [2.75, 3.05) is 27.2 Å². The number of rotatable bonds is 4. The van der Waals surface area contributed by atoms with Gasteiger partial charge in [-0.05, 0) is 25.2 Å². The summed E-state index contributed by atoms with van der Waals surface area (Å²) in [6.07, 6.45) is -0.140. The monoisotopic (exact) mass is 304 g/mol. The lowest BCUT2D eigenvalue weighted by molar-refractivity contribution is 0.0969. The van der Waals surface area contributed by atoms with Crippen LogP contribution >= 0.6 is 11.6 Å². The molecule has 1 N–H and O–H groups in total. The number of benzene rings is 1. The molecule has 1 aromatic carbocycles. The molecule has 1 aromatic rings. The van der Waals surface area contributed by atoms with Gasteiger partial charge >= 0.3 is 0 Å². The number of ether oxygens (including phenoxy) is 1. The summed E-state index contributed by atoms with van der Waals surface area (Å²) in [6, 6.07) is 5.96. The van der Waals surface area contributed by atoms with E-state index in [0.717, 1.165) is 0 Å². The minimum Gasteiger partial charge on any atom is -0.378 e. The molecule has 0 saturated carbocycles. The fourth-order valence-corrected chi connectivity index (χ4v) is 3.77. The van der Waals surface area contributed by atoms with Crippen LogP contribution in [-0.4, -0.2) is 52.7 Å². The molecule has 5 nitrogen and oxygen atoms in total. The second-order valence-electron chi connectivity index (χ2n) is 4.68. The van der Waals surface area contributed by atoms with Crippen molar-refractivity contribution >= 4 is 21.6 Å². The number of nitrogens with one attached hydrogen (secondary N) is 1. The van der Waals surface area contributed by atoms with E-state index in [2.05, 4.69) is 4.72 Å². The number of likely N-dealkylation sites (tertiary alicyclic amines) is 1. The molecule has 0 amide bonds. The summed E-state index contributed by atoms with van der Waals surface area (Å²) in [5.74, 6) is 0. The molecule has 1 saturated heterocycles. The quantitative estimate of drug-likeness (QED) is 0.900. The lowest BCUT2D eigenvalue weighted by atomic mass is 10.2. The summed E-state index contributed by atoms with van der Waals surface area (Å²) in [5.41, 5.74) is 0. The number of halogens is 1. The van der Waals surface area contributed by atoms with Gasteiger partial charge in [0.1, 0.15) is 0 Å². The highest BCUT2D eigenvalue weighted by Crippen LogP contribution is 2.18. The first-order chi connectivity index (χ1) is 8.92. The summed E-state index contributed by atoms with van der Waals surface area (Å²) >= 11 is 5.82. The number of methoxy groups -OCH3 is 1. The summed E-state index contributed by atoms with van der Waals surface area (Å²) in [4.78, 5) is 2.20. The third-order valence-electron chi connectivity index (χ3n) is 3.16. The Bertz CT molecular complexity index is 550. The van der Waals surface area contributed by atoms with E-state index in [0.29, 0.717) is 18.1 Å². The normalized spacial score (nSPS) is 24.8. The van der Waals surface area contributed by atoms with Crippen LogP contribution in [0.1, 0.15) is 0 Å². The molecule has 0 unspecified atom stereocenters. The van der Waals surface area contributed by atoms with E-state index in [-0.39, 0.29) is 17.0 Å². The van der Waals surface area contributed by atoms with E-state index in [1.54, 1.807) is 19.2 Å². The Labute approximate surface area is 118 Å². The first-order valence-electron chi connectivity index (χ1n) is 5.91. The average Bonchev–Trinajstić information content (AvgIpc) is 2.68. The highest BCUT2D eigenvalue weighted by Gasteiger charge is 2.34. The molecule has 0 aliphatic carbocycles. The van der Waals surface area contributed by atoms with Gasteiger partial charge in [-0.2, -0.15) is 0 Å². The minimum atomic E-state index is -3.57. The van der Waals surface area contributed by atoms with Crippen molar-refractivity contribution in [1.29, 1.82) is 0 Å². The van der Waals surface area contributed by atoms with Gasteiger partial charge in [-0.1, -0.05) is 17.7 Å². The van der Waals surface area contributed by atoms with Gasteiger partial charge in [0.05, 0.1) is 17.0 Å². The fourth-order valence-electron chi connectivity index (χ4n) is 2.22. The predicted octanol–water partition coefficient (Wildman–Crippen LogP) is 0.947. The lowest BCUT2D eigenvalue weighted by Crippen LogP contribution is -2.43. The smallest absolute Gasteiger partial charge is 0.241 e. The maximum Gasteiger partial charge on any atom is 0.241 e. The first kappa shape index (κ1) is 14.7. The van der Waals surface area contributed by atoms with Gasteiger partial charge in [0.2, 0.25) is 10.0 Å². The van der Waals surface area contributed by atoms with E-state index < -0.39 is 10.0 Å². The summed E-state index contributed by atoms with van der Waals surface area (Å²) in [6.45, 7) is 1.33. The molecule has 106 valence electrons. The maximum atomic E-state index is 12.3. The summed E-state index contributed by atoms with van der Waals surface area (Å²) in [7, 11) is -0.0557. The summed E-state index contributed by atoms with van der Waals surface area (Å²) in [5, 5.41) is 0.398. The zero-order valence-corrected chi connectivity index (χ0v) is 12.4. The van der Waals surface area contributed by atoms with E-state index in [9.17, 15) is 8.42 Å². The van der Waals surface area contributed by atoms with Crippen molar-refractivity contribution in [2.45, 2.75) is 17.0 Å². The molecule has 1 fully saturated rings. The van der Waals surface area contributed by atoms with Gasteiger partial charge < -0.3 is 9.64 Å². The zero-order chi connectivity index (χ0) is 14.0. The van der Waals surface area contributed by atoms with Crippen LogP contribution in [0.2, 0.25) is 5.02 Å². The largest absolute Gasteiger partial charge is 0.378 e. The third kappa shape index (κ3) is 3.46. The molecule has 2 rings (SSSR count). The van der Waals surface area contributed by atoms with Crippen molar-refractivity contribution in [1.82, 2.24) is 9.62 Å². The van der Waals surface area contributed by atoms with E-state index >= 15 is 0 Å². The van der Waals surface area contributed by atoms with E-state index in [1.807, 2.05) is 11.9 Å². The van der Waals surface area contributed by atoms with Crippen molar-refractivity contribution in [3.8, 4) is 0 Å². The van der Waals surface area contributed by atoms with Crippen molar-refractivity contribution < 1.29 is 13.2 Å². The highest BCUT2D eigenvalue weighted by atomic mass is 35.5. The van der Waals surface area contributed by atoms with Crippen molar-refractivity contribution in [3.63, 3.8) is 0 Å². The Hall–Kier alpha value is -0.660. The van der Waals surface area contributed by atoms with Crippen LogP contribution in [0, 0.1) is 0 Å². The molecule has 0 aromatic heterocycles. The van der Waals surface area contributed by atoms with E-state index in [1.165, 1.54) is 12.1 Å². The minimum absolute atomic E-state index is 0.140. The Kier molecular flexibility index (Phi) is 4.47. The molecule has 1 heterocycles. The van der Waals surface area contributed by atoms with Gasteiger partial charge in [-0.3, -0.25) is 0 Å². The maximum absolute atomic E-state index is 12.3. The van der Waals surface area contributed by atoms with Gasteiger partial charge in [-0.25, -0.2) is 13.1 Å². The number of sulfonamides is 1. The SMILES string of the molecule is CO[C@H]1CN(C)C[C@@H]1NS(=O)(=O)c1cccc(Cl)c1. The predicted molar refractivity (Wildman–Crippen MR) is 73.9 cm³/mol. The molecule has 2 atom stereocenters. The Morgan fingerprint density at radius 3 is 2.79 bits per heavy atom. The van der Waals surface area contributed by atoms with Crippen LogP contribution in [0.3, 0.4) is 0 Å². The number of likely N-dealkylation sites (N-methyl/N-ethyl adjacent to an activating group) is 1. The number of hydrogen-bond acceptors (Lipinski definition) is 4. The van der Waals surface area contributed by atoms with Gasteiger partial charge in [0.25, 0.3) is 0 Å². The molecule has 1 aliphatic heterocycles. The van der Waals surface area contributed by atoms with E-state index in [4.69, 9.17) is 16.3 Å². The molecular formula is C12H17ClN2O3S. The number of nitrogens with zero attached hydrogens (tertiary/aromatic N) is 1. The summed E-state index contributed by atoms with van der Waals surface area (Å²) < 4.78 is 32.5. The Morgan fingerprint density at radius 2 is 2.16 bits per heavy atom. The molecule has 0 spiro atoms. The zero-order valence-electron chi connectivity index (χ0n) is 10.8. The fraction of sp³-hybridized carbons (Fsp3) is 0.500. The van der Waals surface area contributed by atoms with Crippen LogP contribution in [0.4, 0.5) is 0 Å². The second-order valence-corrected chi connectivity index (χ2v) is 6.83. The first-order valence-corrected chi connectivity index (χ1v) is 7.78. The lowest BCUT2D eigenvalue weighted by Gasteiger charge is -2.18. The van der Waals surface area contributed by atoms with Crippen LogP contribution in [0.25, 0.3) is 0 Å². The standard InChI is InChI=1S/C12H17ClN2O3S/c1-15-7-11(12(8-15)18-2)14-19(16,17)10-5-3-4-9(13)6-10/h3-6,11-12,14H,7-8H2,1-2H3/t11-,12-/m0/s1. The molecule has 7 heteroatoms. The molecule has 0 bridgehead atoms. The number of hydrogen-bond donors (Lipinski definition) is 1. The van der Waals surface area contributed by atoms with Crippen LogP contribution in [0.15, 0.2) is 29.2 Å². The van der Waals surface area contributed by atoms with Gasteiger partial charge in [0.15, 0.2) is 0 Å². The van der Waals surface area contributed by atoms with Gasteiger partial charge in [0, 0.05) is 25.2 Å². The van der Waals surface area contributed by atoms with Crippen LogP contribution in [0.5, 0.6) is 0 Å². The topological polar surface area (TPSA) is 58.6 Å². The Morgan fingerprint density at radius 1 is 1.42 bits per heavy atom. The Balaban J connectivity index is 2.18. The average molecular weight is 305 g/mol. The van der Waals surface area contributed by atoms with Crippen LogP contribution < -0.4 is 4.72 Å². The van der Waals surface area contributed by atoms with Crippen LogP contribution in [-0.2, 0) is 14.8 Å². The third-order valence-corrected chi connectivity index (χ3v) is 4.89. The molecule has 1 aliphatic rings. The second kappa shape index (κ2) is 5.76. The molecular weight excluding hydrogens is 288 g/mol. The molecule has 19 heavy (non-hydrogen) atoms. The molecule has 0 radical (unpaired) electrons.